The van der Waals surface area contributed by atoms with Gasteiger partial charge in [-0.3, -0.25) is 4.90 Å². The Balaban J connectivity index is 1.11. The molecule has 2 aliphatic heterocycles. The van der Waals surface area contributed by atoms with Crippen LogP contribution in [0.2, 0.25) is 0 Å². The van der Waals surface area contributed by atoms with Crippen molar-refractivity contribution in [3.63, 3.8) is 0 Å². The van der Waals surface area contributed by atoms with E-state index < -0.39 is 23.8 Å². The van der Waals surface area contributed by atoms with Crippen LogP contribution in [-0.2, 0) is 36.8 Å². The zero-order chi connectivity index (χ0) is 50.8. The van der Waals surface area contributed by atoms with Crippen LogP contribution in [0.5, 0.6) is 17.4 Å². The molecule has 0 radical (unpaired) electrons. The third-order valence-corrected chi connectivity index (χ3v) is 15.8. The lowest BCUT2D eigenvalue weighted by molar-refractivity contribution is -0.145. The molecule has 390 valence electrons. The Labute approximate surface area is 435 Å². The number of thiophene rings is 1. The summed E-state index contributed by atoms with van der Waals surface area (Å²) in [5.41, 5.74) is 3.15. The van der Waals surface area contributed by atoms with Crippen LogP contribution in [-0.4, -0.2) is 151 Å². The predicted molar refractivity (Wildman–Crippen MR) is 277 cm³/mol. The molecule has 19 heteroatoms. The molecule has 0 unspecified atom stereocenters. The summed E-state index contributed by atoms with van der Waals surface area (Å²) in [6.45, 7) is 12.1. The molecule has 4 aromatic rings. The van der Waals surface area contributed by atoms with Gasteiger partial charge in [-0.05, 0) is 92.5 Å². The Hall–Kier alpha value is -4.46. The number of alkyl halides is 2. The average molecular weight is 1050 g/mol. The predicted octanol–water partition coefficient (Wildman–Crippen LogP) is 9.50. The number of methoxy groups -OCH3 is 1. The number of hydrogen-bond donors (Lipinski definition) is 1. The highest BCUT2D eigenvalue weighted by atomic mass is 35.5. The second kappa shape index (κ2) is 25.2. The van der Waals surface area contributed by atoms with Gasteiger partial charge in [-0.15, -0.1) is 22.9 Å². The van der Waals surface area contributed by atoms with Crippen molar-refractivity contribution in [1.82, 2.24) is 29.7 Å². The van der Waals surface area contributed by atoms with Gasteiger partial charge in [0.05, 0.1) is 55.0 Å². The summed E-state index contributed by atoms with van der Waals surface area (Å²) in [4.78, 5) is 38.6. The van der Waals surface area contributed by atoms with Gasteiger partial charge in [0, 0.05) is 74.9 Å². The van der Waals surface area contributed by atoms with Crippen LogP contribution in [0.25, 0.3) is 21.4 Å². The van der Waals surface area contributed by atoms with Gasteiger partial charge in [0.2, 0.25) is 12.0 Å². The Kier molecular flexibility index (Phi) is 18.8. The second-order valence-corrected chi connectivity index (χ2v) is 21.0. The van der Waals surface area contributed by atoms with Gasteiger partial charge in [-0.1, -0.05) is 37.9 Å². The molecule has 1 saturated carbocycles. The quantitative estimate of drug-likeness (QED) is 0.0741. The highest BCUT2D eigenvalue weighted by molar-refractivity contribution is 7.19. The molecule has 1 N–H and O–H groups in total. The minimum Gasteiger partial charge on any atom is -0.490 e. The first kappa shape index (κ1) is 53.8. The van der Waals surface area contributed by atoms with Gasteiger partial charge in [-0.2, -0.15) is 0 Å². The van der Waals surface area contributed by atoms with E-state index in [0.717, 1.165) is 72.6 Å². The first-order valence-electron chi connectivity index (χ1n) is 25.0. The topological polar surface area (TPSA) is 160 Å². The summed E-state index contributed by atoms with van der Waals surface area (Å²) < 4.78 is 58.2. The summed E-state index contributed by atoms with van der Waals surface area (Å²) in [5, 5.41) is 12.0. The van der Waals surface area contributed by atoms with Crippen LogP contribution in [0.15, 0.2) is 59.2 Å². The van der Waals surface area contributed by atoms with Crippen molar-refractivity contribution < 1.29 is 47.4 Å². The van der Waals surface area contributed by atoms with Crippen molar-refractivity contribution in [3.05, 3.63) is 86.8 Å². The lowest BCUT2D eigenvalue weighted by Gasteiger charge is -2.35. The van der Waals surface area contributed by atoms with Gasteiger partial charge in [0.15, 0.2) is 5.82 Å². The Morgan fingerprint density at radius 3 is 2.56 bits per heavy atom. The molecular formula is C53H67Cl2FN6O9S. The molecule has 0 spiro atoms. The van der Waals surface area contributed by atoms with E-state index in [0.29, 0.717) is 94.9 Å². The maximum Gasteiger partial charge on any atom is 0.345 e. The van der Waals surface area contributed by atoms with Crippen LogP contribution in [0, 0.1) is 5.92 Å². The van der Waals surface area contributed by atoms with Crippen molar-refractivity contribution in [3.8, 4) is 17.4 Å². The monoisotopic (exact) mass is 1050 g/mol. The number of likely N-dealkylation sites (N-methyl/N-ethyl adjacent to an activating group) is 1. The lowest BCUT2D eigenvalue weighted by Crippen LogP contribution is -2.48. The van der Waals surface area contributed by atoms with Gasteiger partial charge in [0.25, 0.3) is 0 Å². The molecule has 2 bridgehead atoms. The summed E-state index contributed by atoms with van der Waals surface area (Å²) in [6.07, 6.45) is 7.01. The van der Waals surface area contributed by atoms with E-state index >= 15 is 4.39 Å². The zero-order valence-electron chi connectivity index (χ0n) is 41.9. The lowest BCUT2D eigenvalue weighted by atomic mass is 9.79. The molecule has 72 heavy (non-hydrogen) atoms. The van der Waals surface area contributed by atoms with Crippen LogP contribution in [0.3, 0.4) is 0 Å². The Morgan fingerprint density at radius 1 is 1.06 bits per heavy atom. The maximum atomic E-state index is 15.7. The summed E-state index contributed by atoms with van der Waals surface area (Å²) >= 11 is 15.8. The molecule has 5 heterocycles. The number of rotatable bonds is 18. The number of ether oxygens (including phenoxy) is 7. The number of aromatic nitrogens is 4. The normalized spacial score (nSPS) is 24.0. The number of allylic oxidation sites excluding steroid dienone is 6. The summed E-state index contributed by atoms with van der Waals surface area (Å²) in [5.74, 6) is 1.11. The number of hydrogen-bond acceptors (Lipinski definition) is 15. The molecule has 3 aromatic heterocycles. The first-order valence-corrected chi connectivity index (χ1v) is 26.7. The standard InChI is InChI=1S/C53H67Cl2FN6O9S/c1-33(2)44-34(3)47(55)43(27-54)70-40(28-62-19-17-61(4)18-20-62)30-68-39-9-10-41(37(25-39)26-42(52(63)64)71-50-46-45(44)48(35-7-6-8-35)72-51(46)59-32-58-50)69-29-38-13-16-57-49(60-38)36-11-14-53(56,15-12-36)31-67-24-23-66-22-21-65-5/h9-11,13,16,25,32-33,35,40,42H,6-8,12,14-15,17-24,26-31H2,1-5H3,(H,63,64)/b44-34+,47-43-/t40-,42-,53-/m1/s1. The molecule has 2 fully saturated rings. The molecule has 0 amide bonds. The van der Waals surface area contributed by atoms with E-state index in [-0.39, 0.29) is 56.8 Å². The van der Waals surface area contributed by atoms with E-state index in [1.54, 1.807) is 48.9 Å². The number of aliphatic carboxylic acids is 1. The van der Waals surface area contributed by atoms with Crippen molar-refractivity contribution in [2.45, 2.75) is 96.1 Å². The average Bonchev–Trinajstić information content (AvgIpc) is 3.72. The van der Waals surface area contributed by atoms with Crippen LogP contribution in [0.1, 0.15) is 92.7 Å². The summed E-state index contributed by atoms with van der Waals surface area (Å²) in [7, 11) is 3.73. The third-order valence-electron chi connectivity index (χ3n) is 13.8. The number of benzene rings is 1. The largest absolute Gasteiger partial charge is 0.490 e. The van der Waals surface area contributed by atoms with E-state index in [1.807, 2.05) is 13.0 Å². The van der Waals surface area contributed by atoms with Crippen molar-refractivity contribution in [2.75, 3.05) is 92.4 Å². The summed E-state index contributed by atoms with van der Waals surface area (Å²) in [6, 6.07) is 7.10. The highest BCUT2D eigenvalue weighted by Crippen LogP contribution is 2.51. The van der Waals surface area contributed by atoms with Gasteiger partial charge in [0.1, 0.15) is 53.4 Å². The van der Waals surface area contributed by atoms with Gasteiger partial charge >= 0.3 is 5.97 Å². The van der Waals surface area contributed by atoms with Crippen molar-refractivity contribution in [1.29, 1.82) is 0 Å². The van der Waals surface area contributed by atoms with Crippen molar-refractivity contribution in [2.24, 2.45) is 5.92 Å². The fraction of sp³-hybridized carbons (Fsp3) is 0.566. The van der Waals surface area contributed by atoms with Crippen LogP contribution in [0.4, 0.5) is 4.39 Å². The molecule has 8 rings (SSSR count). The number of fused-ring (bicyclic) bond motifs is 2. The minimum absolute atomic E-state index is 0.0267. The number of carboxylic acids is 1. The fourth-order valence-corrected chi connectivity index (χ4v) is 11.3. The molecule has 1 saturated heterocycles. The molecule has 3 atom stereocenters. The van der Waals surface area contributed by atoms with Crippen molar-refractivity contribution >= 4 is 61.9 Å². The molecule has 1 aromatic carbocycles. The number of nitrogens with zero attached hydrogens (tertiary/aromatic N) is 6. The zero-order valence-corrected chi connectivity index (χ0v) is 44.3. The van der Waals surface area contributed by atoms with Gasteiger partial charge < -0.3 is 43.2 Å². The Bertz CT molecular complexity index is 2600. The minimum atomic E-state index is -1.50. The number of carbonyl (C=O) groups is 1. The molecule has 15 nitrogen and oxygen atoms in total. The maximum absolute atomic E-state index is 15.7. The SMILES string of the molecule is COCCOCCOC[C@@]1(F)CC=C(c2nccc(COc3ccc4cc3C[C@H](C(=O)O)Oc3ncnc5sc(C6CCC6)c(c35)/C(C(C)C)=C(C)/C(Cl)=C(\CCl)O[C@H](CN3CCN(C)CC3)CO4)n2)CC1. The molecular weight excluding hydrogens is 987 g/mol. The Morgan fingerprint density at radius 2 is 1.85 bits per heavy atom. The highest BCUT2D eigenvalue weighted by Gasteiger charge is 2.35. The second-order valence-electron chi connectivity index (χ2n) is 19.4. The van der Waals surface area contributed by atoms with Crippen LogP contribution < -0.4 is 14.2 Å². The number of carboxylic acid groups (broad SMARTS) is 1. The van der Waals surface area contributed by atoms with Crippen LogP contribution >= 0.6 is 34.5 Å². The first-order chi connectivity index (χ1) is 34.8. The van der Waals surface area contributed by atoms with E-state index in [9.17, 15) is 9.90 Å². The third kappa shape index (κ3) is 13.4. The van der Waals surface area contributed by atoms with E-state index in [4.69, 9.17) is 66.3 Å². The number of piperazine rings is 1. The fourth-order valence-electron chi connectivity index (χ4n) is 9.51. The molecule has 2 aliphatic carbocycles. The smallest absolute Gasteiger partial charge is 0.345 e. The molecule has 4 aliphatic rings. The van der Waals surface area contributed by atoms with E-state index in [1.165, 1.54) is 6.33 Å². The van der Waals surface area contributed by atoms with Gasteiger partial charge in [-0.25, -0.2) is 29.1 Å². The van der Waals surface area contributed by atoms with E-state index in [2.05, 4.69) is 40.7 Å². The number of halogens is 3.